The van der Waals surface area contributed by atoms with Gasteiger partial charge in [0, 0.05) is 24.6 Å². The number of carbonyl (C=O) groups excluding carboxylic acids is 2. The Balaban J connectivity index is 1.31. The molecule has 1 aliphatic heterocycles. The number of likely N-dealkylation sites (tertiary alicyclic amines) is 1. The van der Waals surface area contributed by atoms with Crippen molar-refractivity contribution >= 4 is 11.8 Å². The Morgan fingerprint density at radius 3 is 2.62 bits per heavy atom. The minimum Gasteiger partial charge on any atom is -0.459 e. The van der Waals surface area contributed by atoms with Crippen molar-refractivity contribution in [2.24, 2.45) is 11.8 Å². The van der Waals surface area contributed by atoms with Gasteiger partial charge < -0.3 is 14.6 Å². The van der Waals surface area contributed by atoms with Gasteiger partial charge in [-0.05, 0) is 37.8 Å². The minimum absolute atomic E-state index is 0.0101. The normalized spacial score (nSPS) is 20.0. The van der Waals surface area contributed by atoms with E-state index in [1.165, 1.54) is 0 Å². The Morgan fingerprint density at radius 1 is 1.04 bits per heavy atom. The lowest BCUT2D eigenvalue weighted by molar-refractivity contribution is -0.136. The summed E-state index contributed by atoms with van der Waals surface area (Å²) in [6, 6.07) is 13.7. The topological polar surface area (TPSA) is 62.6 Å². The van der Waals surface area contributed by atoms with Gasteiger partial charge in [-0.2, -0.15) is 0 Å². The number of amides is 2. The van der Waals surface area contributed by atoms with E-state index in [1.54, 1.807) is 0 Å². The number of hydrogen-bond acceptors (Lipinski definition) is 3. The van der Waals surface area contributed by atoms with Crippen molar-refractivity contribution in [3.05, 3.63) is 48.2 Å². The molecule has 5 nitrogen and oxygen atoms in total. The third-order valence-corrected chi connectivity index (χ3v) is 5.19. The molecule has 2 fully saturated rings. The number of piperidine rings is 1. The predicted octanol–water partition coefficient (Wildman–Crippen LogP) is 3.21. The maximum absolute atomic E-state index is 12.5. The van der Waals surface area contributed by atoms with Crippen LogP contribution in [-0.4, -0.2) is 29.8 Å². The van der Waals surface area contributed by atoms with Gasteiger partial charge in [0.15, 0.2) is 0 Å². The Bertz CT molecular complexity index is 780. The number of rotatable bonds is 5. The highest BCUT2D eigenvalue weighted by atomic mass is 16.3. The van der Waals surface area contributed by atoms with Gasteiger partial charge in [0.25, 0.3) is 0 Å². The molecule has 0 radical (unpaired) electrons. The van der Waals surface area contributed by atoms with Crippen LogP contribution in [-0.2, 0) is 16.1 Å². The molecule has 1 saturated carbocycles. The second kappa shape index (κ2) is 7.36. The van der Waals surface area contributed by atoms with Gasteiger partial charge in [-0.25, -0.2) is 0 Å². The smallest absolute Gasteiger partial charge is 0.225 e. The van der Waals surface area contributed by atoms with Crippen LogP contribution in [0.5, 0.6) is 0 Å². The summed E-state index contributed by atoms with van der Waals surface area (Å²) in [6.45, 7) is 1.71. The molecular weight excluding hydrogens is 328 g/mol. The molecule has 1 atom stereocenters. The SMILES string of the molecule is O=C(NCc1ccc(-c2ccccc2)o1)[C@H]1CCCN(C(=O)C2CC2)C1. The van der Waals surface area contributed by atoms with E-state index < -0.39 is 0 Å². The van der Waals surface area contributed by atoms with Crippen LogP contribution >= 0.6 is 0 Å². The van der Waals surface area contributed by atoms with Crippen LogP contribution in [0.15, 0.2) is 46.9 Å². The van der Waals surface area contributed by atoms with E-state index in [2.05, 4.69) is 5.32 Å². The summed E-state index contributed by atoms with van der Waals surface area (Å²) in [5, 5.41) is 2.97. The highest BCUT2D eigenvalue weighted by Gasteiger charge is 2.36. The van der Waals surface area contributed by atoms with Crippen LogP contribution < -0.4 is 5.32 Å². The Labute approximate surface area is 153 Å². The lowest BCUT2D eigenvalue weighted by atomic mass is 9.96. The molecule has 4 rings (SSSR count). The number of benzene rings is 1. The van der Waals surface area contributed by atoms with Crippen molar-refractivity contribution in [2.75, 3.05) is 13.1 Å². The molecule has 2 heterocycles. The first-order chi connectivity index (χ1) is 12.7. The second-order valence-corrected chi connectivity index (χ2v) is 7.25. The molecule has 1 saturated heterocycles. The average molecular weight is 352 g/mol. The fourth-order valence-electron chi connectivity index (χ4n) is 3.53. The summed E-state index contributed by atoms with van der Waals surface area (Å²) in [5.41, 5.74) is 1.02. The van der Waals surface area contributed by atoms with E-state index in [4.69, 9.17) is 4.42 Å². The van der Waals surface area contributed by atoms with Crippen LogP contribution in [0.3, 0.4) is 0 Å². The molecule has 0 spiro atoms. The number of nitrogens with zero attached hydrogens (tertiary/aromatic N) is 1. The van der Waals surface area contributed by atoms with E-state index in [-0.39, 0.29) is 23.7 Å². The number of carbonyl (C=O) groups is 2. The molecule has 1 aliphatic carbocycles. The Morgan fingerprint density at radius 2 is 1.85 bits per heavy atom. The van der Waals surface area contributed by atoms with Gasteiger partial charge >= 0.3 is 0 Å². The summed E-state index contributed by atoms with van der Waals surface area (Å²) >= 11 is 0. The monoisotopic (exact) mass is 352 g/mol. The fourth-order valence-corrected chi connectivity index (χ4v) is 3.53. The summed E-state index contributed by atoms with van der Waals surface area (Å²) < 4.78 is 5.83. The zero-order valence-electron chi connectivity index (χ0n) is 14.8. The maximum atomic E-state index is 12.5. The first kappa shape index (κ1) is 16.9. The van der Waals surface area contributed by atoms with Crippen LogP contribution in [0.25, 0.3) is 11.3 Å². The molecule has 136 valence electrons. The minimum atomic E-state index is -0.116. The summed E-state index contributed by atoms with van der Waals surface area (Å²) in [7, 11) is 0. The quantitative estimate of drug-likeness (QED) is 0.899. The molecule has 26 heavy (non-hydrogen) atoms. The van der Waals surface area contributed by atoms with Crippen LogP contribution in [0.4, 0.5) is 0 Å². The molecule has 1 aromatic heterocycles. The van der Waals surface area contributed by atoms with Crippen molar-refractivity contribution in [3.8, 4) is 11.3 Å². The van der Waals surface area contributed by atoms with Crippen molar-refractivity contribution in [1.29, 1.82) is 0 Å². The Hall–Kier alpha value is -2.56. The molecule has 0 unspecified atom stereocenters. The standard InChI is InChI=1S/C21H24N2O3/c24-20(17-7-4-12-23(14-17)21(25)16-8-9-16)22-13-18-10-11-19(26-18)15-5-2-1-3-6-15/h1-3,5-6,10-11,16-17H,4,7-9,12-14H2,(H,22,24)/t17-/m0/s1. The van der Waals surface area contributed by atoms with E-state index in [0.29, 0.717) is 13.1 Å². The van der Waals surface area contributed by atoms with Crippen molar-refractivity contribution < 1.29 is 14.0 Å². The van der Waals surface area contributed by atoms with Gasteiger partial charge in [0.1, 0.15) is 11.5 Å². The average Bonchev–Trinajstić information content (AvgIpc) is 3.44. The number of hydrogen-bond donors (Lipinski definition) is 1. The zero-order chi connectivity index (χ0) is 17.9. The molecule has 1 aromatic carbocycles. The predicted molar refractivity (Wildman–Crippen MR) is 98.0 cm³/mol. The van der Waals surface area contributed by atoms with Crippen molar-refractivity contribution in [3.63, 3.8) is 0 Å². The fraction of sp³-hybridized carbons (Fsp3) is 0.429. The highest BCUT2D eigenvalue weighted by molar-refractivity contribution is 5.83. The molecule has 2 aliphatic rings. The summed E-state index contributed by atoms with van der Waals surface area (Å²) in [6.07, 6.45) is 3.76. The van der Waals surface area contributed by atoms with Gasteiger partial charge in [-0.1, -0.05) is 30.3 Å². The summed E-state index contributed by atoms with van der Waals surface area (Å²) in [4.78, 5) is 26.6. The van der Waals surface area contributed by atoms with Gasteiger partial charge in [0.05, 0.1) is 12.5 Å². The lowest BCUT2D eigenvalue weighted by Crippen LogP contribution is -2.45. The largest absolute Gasteiger partial charge is 0.459 e. The van der Waals surface area contributed by atoms with Crippen LogP contribution in [0.1, 0.15) is 31.4 Å². The van der Waals surface area contributed by atoms with E-state index in [9.17, 15) is 9.59 Å². The van der Waals surface area contributed by atoms with Crippen molar-refractivity contribution in [2.45, 2.75) is 32.2 Å². The Kier molecular flexibility index (Phi) is 4.78. The highest BCUT2D eigenvalue weighted by Crippen LogP contribution is 2.32. The first-order valence-corrected chi connectivity index (χ1v) is 9.41. The third kappa shape index (κ3) is 3.82. The van der Waals surface area contributed by atoms with Gasteiger partial charge in [-0.3, -0.25) is 9.59 Å². The molecule has 1 N–H and O–H groups in total. The van der Waals surface area contributed by atoms with E-state index in [0.717, 1.165) is 49.3 Å². The second-order valence-electron chi connectivity index (χ2n) is 7.25. The third-order valence-electron chi connectivity index (χ3n) is 5.19. The molecular formula is C21H24N2O3. The number of furan rings is 1. The zero-order valence-corrected chi connectivity index (χ0v) is 14.8. The van der Waals surface area contributed by atoms with Gasteiger partial charge in [-0.15, -0.1) is 0 Å². The summed E-state index contributed by atoms with van der Waals surface area (Å²) in [5.74, 6) is 1.89. The van der Waals surface area contributed by atoms with Gasteiger partial charge in [0.2, 0.25) is 11.8 Å². The van der Waals surface area contributed by atoms with E-state index >= 15 is 0 Å². The molecule has 2 amide bonds. The van der Waals surface area contributed by atoms with E-state index in [1.807, 2.05) is 47.4 Å². The number of nitrogens with one attached hydrogen (secondary N) is 1. The van der Waals surface area contributed by atoms with Crippen LogP contribution in [0, 0.1) is 11.8 Å². The molecule has 5 heteroatoms. The lowest BCUT2D eigenvalue weighted by Gasteiger charge is -2.32. The molecule has 0 bridgehead atoms. The first-order valence-electron chi connectivity index (χ1n) is 9.41. The van der Waals surface area contributed by atoms with Crippen LogP contribution in [0.2, 0.25) is 0 Å². The van der Waals surface area contributed by atoms with Crippen molar-refractivity contribution in [1.82, 2.24) is 10.2 Å². The maximum Gasteiger partial charge on any atom is 0.225 e. The molecule has 2 aromatic rings.